The number of amides is 2. The van der Waals surface area contributed by atoms with Gasteiger partial charge < -0.3 is 20.1 Å². The normalized spacial score (nSPS) is 10.2. The van der Waals surface area contributed by atoms with Crippen LogP contribution in [0.2, 0.25) is 0 Å². The molecule has 0 aliphatic carbocycles. The number of rotatable bonds is 7. The zero-order chi connectivity index (χ0) is 21.5. The fraction of sp³-hybridized carbons (Fsp3) is 0.143. The molecule has 154 valence electrons. The van der Waals surface area contributed by atoms with Crippen LogP contribution < -0.4 is 25.7 Å². The van der Waals surface area contributed by atoms with E-state index in [2.05, 4.69) is 15.7 Å². The van der Waals surface area contributed by atoms with Crippen molar-refractivity contribution in [2.45, 2.75) is 6.54 Å². The fourth-order valence-electron chi connectivity index (χ4n) is 2.56. The maximum absolute atomic E-state index is 12.4. The first-order valence-electron chi connectivity index (χ1n) is 8.96. The van der Waals surface area contributed by atoms with Crippen molar-refractivity contribution < 1.29 is 19.1 Å². The van der Waals surface area contributed by atoms with E-state index in [0.29, 0.717) is 22.9 Å². The molecule has 0 saturated heterocycles. The Kier molecular flexibility index (Phi) is 6.43. The topological polar surface area (TPSA) is 112 Å². The number of hydrogen-bond acceptors (Lipinski definition) is 6. The molecule has 2 aromatic carbocycles. The molecule has 2 N–H and O–H groups in total. The van der Waals surface area contributed by atoms with Crippen LogP contribution in [0.3, 0.4) is 0 Å². The van der Waals surface area contributed by atoms with Crippen molar-refractivity contribution >= 4 is 23.2 Å². The van der Waals surface area contributed by atoms with Gasteiger partial charge in [-0.2, -0.15) is 5.10 Å². The zero-order valence-electron chi connectivity index (χ0n) is 16.4. The summed E-state index contributed by atoms with van der Waals surface area (Å²) in [6.07, 6.45) is 0. The summed E-state index contributed by atoms with van der Waals surface area (Å²) < 4.78 is 11.1. The van der Waals surface area contributed by atoms with Gasteiger partial charge in [-0.1, -0.05) is 0 Å². The summed E-state index contributed by atoms with van der Waals surface area (Å²) in [7, 11) is 3.09. The molecule has 0 bridgehead atoms. The molecule has 0 unspecified atom stereocenters. The third kappa shape index (κ3) is 5.22. The van der Waals surface area contributed by atoms with E-state index in [9.17, 15) is 14.4 Å². The van der Waals surface area contributed by atoms with Gasteiger partial charge in [-0.3, -0.25) is 14.4 Å². The highest BCUT2D eigenvalue weighted by molar-refractivity contribution is 6.02. The average Bonchev–Trinajstić information content (AvgIpc) is 2.76. The molecular weight excluding hydrogens is 388 g/mol. The van der Waals surface area contributed by atoms with Gasteiger partial charge in [0.15, 0.2) is 0 Å². The molecule has 0 atom stereocenters. The third-order valence-electron chi connectivity index (χ3n) is 4.11. The van der Waals surface area contributed by atoms with Crippen LogP contribution in [0.5, 0.6) is 11.5 Å². The summed E-state index contributed by atoms with van der Waals surface area (Å²) in [5.74, 6) is 0.343. The number of methoxy groups -OCH3 is 2. The lowest BCUT2D eigenvalue weighted by atomic mass is 10.3. The number of ether oxygens (including phenoxy) is 2. The Morgan fingerprint density at radius 2 is 1.37 bits per heavy atom. The van der Waals surface area contributed by atoms with Gasteiger partial charge in [0.2, 0.25) is 5.91 Å². The first-order chi connectivity index (χ1) is 14.5. The first kappa shape index (κ1) is 20.6. The van der Waals surface area contributed by atoms with Crippen molar-refractivity contribution in [3.63, 3.8) is 0 Å². The van der Waals surface area contributed by atoms with Crippen molar-refractivity contribution in [3.05, 3.63) is 76.7 Å². The molecule has 0 aliphatic heterocycles. The molecule has 0 fully saturated rings. The minimum Gasteiger partial charge on any atom is -0.497 e. The van der Waals surface area contributed by atoms with E-state index in [-0.39, 0.29) is 12.2 Å². The summed E-state index contributed by atoms with van der Waals surface area (Å²) in [5.41, 5.74) is 0.586. The maximum Gasteiger partial charge on any atom is 0.276 e. The Hall–Kier alpha value is -4.14. The van der Waals surface area contributed by atoms with E-state index in [1.165, 1.54) is 12.1 Å². The summed E-state index contributed by atoms with van der Waals surface area (Å²) in [6, 6.07) is 16.0. The van der Waals surface area contributed by atoms with Gasteiger partial charge >= 0.3 is 0 Å². The van der Waals surface area contributed by atoms with Crippen molar-refractivity contribution in [2.24, 2.45) is 0 Å². The number of carbonyl (C=O) groups is 2. The summed E-state index contributed by atoms with van der Waals surface area (Å²) in [4.78, 5) is 36.8. The van der Waals surface area contributed by atoms with Gasteiger partial charge in [-0.15, -0.1) is 0 Å². The smallest absolute Gasteiger partial charge is 0.276 e. The highest BCUT2D eigenvalue weighted by atomic mass is 16.5. The van der Waals surface area contributed by atoms with Crippen LogP contribution in [0, 0.1) is 0 Å². The lowest BCUT2D eigenvalue weighted by Crippen LogP contribution is -2.31. The molecule has 3 rings (SSSR count). The van der Waals surface area contributed by atoms with Crippen LogP contribution in [0.4, 0.5) is 11.4 Å². The van der Waals surface area contributed by atoms with Crippen LogP contribution in [-0.2, 0) is 11.3 Å². The highest BCUT2D eigenvalue weighted by Crippen LogP contribution is 2.16. The zero-order valence-corrected chi connectivity index (χ0v) is 16.4. The second-order valence-electron chi connectivity index (χ2n) is 6.17. The van der Waals surface area contributed by atoms with Gasteiger partial charge in [-0.05, 0) is 54.6 Å². The lowest BCUT2D eigenvalue weighted by Gasteiger charge is -2.09. The quantitative estimate of drug-likeness (QED) is 0.620. The van der Waals surface area contributed by atoms with E-state index in [0.717, 1.165) is 4.68 Å². The number of anilines is 2. The number of carbonyl (C=O) groups excluding carboxylic acids is 2. The predicted molar refractivity (Wildman–Crippen MR) is 111 cm³/mol. The molecule has 2 amide bonds. The Morgan fingerprint density at radius 3 is 1.90 bits per heavy atom. The maximum atomic E-state index is 12.4. The number of aromatic nitrogens is 2. The van der Waals surface area contributed by atoms with E-state index < -0.39 is 17.4 Å². The van der Waals surface area contributed by atoms with Crippen LogP contribution >= 0.6 is 0 Å². The Balaban J connectivity index is 1.68. The van der Waals surface area contributed by atoms with E-state index in [1.807, 2.05) is 0 Å². The molecule has 9 heteroatoms. The molecule has 9 nitrogen and oxygen atoms in total. The van der Waals surface area contributed by atoms with Crippen LogP contribution in [-0.4, -0.2) is 35.8 Å². The van der Waals surface area contributed by atoms with E-state index in [4.69, 9.17) is 9.47 Å². The lowest BCUT2D eigenvalue weighted by molar-refractivity contribution is -0.117. The highest BCUT2D eigenvalue weighted by Gasteiger charge is 2.12. The minimum atomic E-state index is -0.510. The molecule has 1 aromatic heterocycles. The number of benzene rings is 2. The molecule has 3 aromatic rings. The van der Waals surface area contributed by atoms with Gasteiger partial charge in [0.1, 0.15) is 23.7 Å². The summed E-state index contributed by atoms with van der Waals surface area (Å²) in [6.45, 7) is -0.339. The fourth-order valence-corrected chi connectivity index (χ4v) is 2.56. The standard InChI is InChI=1S/C21H20N4O5/c1-29-16-7-3-14(4-8-16)22-19(26)13-25-20(27)12-11-18(24-25)21(28)23-15-5-9-17(30-2)10-6-15/h3-12H,13H2,1-2H3,(H,22,26)(H,23,28). The second kappa shape index (κ2) is 9.37. The van der Waals surface area contributed by atoms with Gasteiger partial charge in [0.25, 0.3) is 11.5 Å². The molecule has 30 heavy (non-hydrogen) atoms. The van der Waals surface area contributed by atoms with Gasteiger partial charge in [0, 0.05) is 17.4 Å². The number of hydrogen-bond donors (Lipinski definition) is 2. The number of nitrogens with zero attached hydrogens (tertiary/aromatic N) is 2. The van der Waals surface area contributed by atoms with E-state index >= 15 is 0 Å². The Morgan fingerprint density at radius 1 is 0.833 bits per heavy atom. The average molecular weight is 408 g/mol. The van der Waals surface area contributed by atoms with Crippen molar-refractivity contribution in [1.29, 1.82) is 0 Å². The molecule has 0 spiro atoms. The Labute approximate surface area is 172 Å². The van der Waals surface area contributed by atoms with Gasteiger partial charge in [-0.25, -0.2) is 4.68 Å². The third-order valence-corrected chi connectivity index (χ3v) is 4.11. The molecule has 0 saturated carbocycles. The summed E-state index contributed by atoms with van der Waals surface area (Å²) in [5, 5.41) is 9.33. The second-order valence-corrected chi connectivity index (χ2v) is 6.17. The van der Waals surface area contributed by atoms with Gasteiger partial charge in [0.05, 0.1) is 14.2 Å². The minimum absolute atomic E-state index is 0.00247. The Bertz CT molecular complexity index is 1090. The SMILES string of the molecule is COc1ccc(NC(=O)Cn2nc(C(=O)Nc3ccc(OC)cc3)ccc2=O)cc1. The first-order valence-corrected chi connectivity index (χ1v) is 8.96. The van der Waals surface area contributed by atoms with Crippen molar-refractivity contribution in [2.75, 3.05) is 24.9 Å². The van der Waals surface area contributed by atoms with E-state index in [1.54, 1.807) is 62.8 Å². The monoisotopic (exact) mass is 408 g/mol. The molecule has 0 radical (unpaired) electrons. The largest absolute Gasteiger partial charge is 0.497 e. The van der Waals surface area contributed by atoms with Crippen molar-refractivity contribution in [3.8, 4) is 11.5 Å². The predicted octanol–water partition coefficient (Wildman–Crippen LogP) is 2.15. The molecule has 0 aliphatic rings. The molecular formula is C21H20N4O5. The van der Waals surface area contributed by atoms with Crippen LogP contribution in [0.15, 0.2) is 65.5 Å². The molecule has 1 heterocycles. The van der Waals surface area contributed by atoms with Crippen LogP contribution in [0.25, 0.3) is 0 Å². The summed E-state index contributed by atoms with van der Waals surface area (Å²) >= 11 is 0. The van der Waals surface area contributed by atoms with Crippen LogP contribution in [0.1, 0.15) is 10.5 Å². The van der Waals surface area contributed by atoms with Crippen molar-refractivity contribution in [1.82, 2.24) is 9.78 Å². The number of nitrogens with one attached hydrogen (secondary N) is 2.